The highest BCUT2D eigenvalue weighted by molar-refractivity contribution is 8.00. The monoisotopic (exact) mass is 390 g/mol. The van der Waals surface area contributed by atoms with Crippen molar-refractivity contribution in [3.05, 3.63) is 64.7 Å². The van der Waals surface area contributed by atoms with Crippen LogP contribution in [-0.2, 0) is 17.6 Å². The molecule has 3 aromatic rings. The zero-order chi connectivity index (χ0) is 19.7. The molecule has 0 saturated heterocycles. The number of hydrogen-bond donors (Lipinski definition) is 1. The Balaban J connectivity index is 1.44. The first-order valence-electron chi connectivity index (χ1n) is 9.46. The van der Waals surface area contributed by atoms with E-state index in [1.54, 1.807) is 24.3 Å². The number of anilines is 1. The van der Waals surface area contributed by atoms with Crippen molar-refractivity contribution < 1.29 is 9.59 Å². The number of Topliss-reactive ketones (excluding diaryl/α,β-unsaturated/α-hetero) is 1. The van der Waals surface area contributed by atoms with E-state index in [2.05, 4.69) is 23.5 Å². The summed E-state index contributed by atoms with van der Waals surface area (Å²) in [5.74, 6) is 0.214. The first kappa shape index (κ1) is 18.7. The molecule has 142 valence electrons. The van der Waals surface area contributed by atoms with Crippen molar-refractivity contribution in [2.24, 2.45) is 0 Å². The minimum atomic E-state index is -0.0872. The highest BCUT2D eigenvalue weighted by atomic mass is 32.2. The fraction of sp³-hybridized carbons (Fsp3) is 0.261. The molecule has 1 heterocycles. The minimum Gasteiger partial charge on any atom is -0.325 e. The van der Waals surface area contributed by atoms with Crippen molar-refractivity contribution >= 4 is 40.0 Å². The van der Waals surface area contributed by atoms with Crippen molar-refractivity contribution in [3.63, 3.8) is 0 Å². The van der Waals surface area contributed by atoms with Crippen LogP contribution in [0.1, 0.15) is 40.4 Å². The Morgan fingerprint density at radius 2 is 1.79 bits per heavy atom. The van der Waals surface area contributed by atoms with Crippen LogP contribution in [0.2, 0.25) is 0 Å². The molecule has 1 aliphatic rings. The smallest absolute Gasteiger partial charge is 0.234 e. The Morgan fingerprint density at radius 1 is 1.07 bits per heavy atom. The number of nitrogens with one attached hydrogen (secondary N) is 1. The van der Waals surface area contributed by atoms with Crippen LogP contribution in [0.25, 0.3) is 10.9 Å². The number of nitrogens with zero attached hydrogens (tertiary/aromatic N) is 1. The molecule has 0 radical (unpaired) electrons. The Hall–Kier alpha value is -2.66. The summed E-state index contributed by atoms with van der Waals surface area (Å²) < 4.78 is 0. The van der Waals surface area contributed by atoms with E-state index in [9.17, 15) is 9.59 Å². The second-order valence-corrected chi connectivity index (χ2v) is 8.21. The van der Waals surface area contributed by atoms with E-state index in [1.807, 2.05) is 6.92 Å². The number of ketones is 1. The molecule has 4 nitrogen and oxygen atoms in total. The fourth-order valence-electron chi connectivity index (χ4n) is 3.60. The number of amides is 1. The quantitative estimate of drug-likeness (QED) is 0.494. The van der Waals surface area contributed by atoms with Crippen molar-refractivity contribution in [1.29, 1.82) is 0 Å². The molecule has 0 unspecified atom stereocenters. The number of pyridine rings is 1. The maximum Gasteiger partial charge on any atom is 0.234 e. The predicted octanol–water partition coefficient (Wildman–Crippen LogP) is 4.97. The molecule has 28 heavy (non-hydrogen) atoms. The number of thioether (sulfide) groups is 1. The molecule has 5 heteroatoms. The van der Waals surface area contributed by atoms with Gasteiger partial charge in [-0.1, -0.05) is 11.8 Å². The molecule has 4 rings (SSSR count). The Bertz CT molecular complexity index is 1070. The Morgan fingerprint density at radius 3 is 2.50 bits per heavy atom. The molecule has 1 amide bonds. The van der Waals surface area contributed by atoms with Gasteiger partial charge in [0.25, 0.3) is 0 Å². The predicted molar refractivity (Wildman–Crippen MR) is 114 cm³/mol. The van der Waals surface area contributed by atoms with Crippen LogP contribution < -0.4 is 5.32 Å². The van der Waals surface area contributed by atoms with Gasteiger partial charge in [0.05, 0.1) is 11.3 Å². The van der Waals surface area contributed by atoms with Crippen LogP contribution in [0.4, 0.5) is 5.69 Å². The van der Waals surface area contributed by atoms with E-state index in [-0.39, 0.29) is 11.7 Å². The number of aryl methyl sites for hydroxylation is 3. The summed E-state index contributed by atoms with van der Waals surface area (Å²) in [5, 5.41) is 4.94. The van der Waals surface area contributed by atoms with Crippen LogP contribution in [0.5, 0.6) is 0 Å². The highest BCUT2D eigenvalue weighted by Crippen LogP contribution is 2.30. The van der Waals surface area contributed by atoms with Gasteiger partial charge in [-0.2, -0.15) is 0 Å². The summed E-state index contributed by atoms with van der Waals surface area (Å²) in [6.45, 7) is 3.57. The average molecular weight is 391 g/mol. The largest absolute Gasteiger partial charge is 0.325 e. The maximum atomic E-state index is 12.3. The van der Waals surface area contributed by atoms with Crippen molar-refractivity contribution in [3.8, 4) is 0 Å². The lowest BCUT2D eigenvalue weighted by atomic mass is 10.1. The number of carbonyl (C=O) groups is 2. The van der Waals surface area contributed by atoms with Crippen LogP contribution in [-0.4, -0.2) is 22.4 Å². The number of rotatable bonds is 5. The molecule has 1 N–H and O–H groups in total. The van der Waals surface area contributed by atoms with Crippen LogP contribution in [0, 0.1) is 6.92 Å². The van der Waals surface area contributed by atoms with Gasteiger partial charge in [0.15, 0.2) is 5.78 Å². The molecular formula is C23H22N2O2S. The summed E-state index contributed by atoms with van der Waals surface area (Å²) in [4.78, 5) is 28.4. The van der Waals surface area contributed by atoms with Crippen LogP contribution in [0.3, 0.4) is 0 Å². The van der Waals surface area contributed by atoms with Gasteiger partial charge >= 0.3 is 0 Å². The van der Waals surface area contributed by atoms with Crippen molar-refractivity contribution in [2.75, 3.05) is 11.1 Å². The maximum absolute atomic E-state index is 12.3. The standard InChI is InChI=1S/C23H22N2O2S/c1-14-10-19-11-17-4-3-5-18(17)12-21(19)25-23(14)28-13-22(27)24-20-8-6-16(7-9-20)15(2)26/h6-12H,3-5,13H2,1-2H3,(H,24,27). The van der Waals surface area contributed by atoms with E-state index < -0.39 is 0 Å². The molecule has 2 aromatic carbocycles. The zero-order valence-corrected chi connectivity index (χ0v) is 16.9. The van der Waals surface area contributed by atoms with Crippen LogP contribution in [0.15, 0.2) is 47.5 Å². The molecule has 0 spiro atoms. The summed E-state index contributed by atoms with van der Waals surface area (Å²) in [5.41, 5.74) is 6.28. The molecule has 0 bridgehead atoms. The molecule has 1 aliphatic carbocycles. The number of carbonyl (C=O) groups excluding carboxylic acids is 2. The topological polar surface area (TPSA) is 59.1 Å². The normalized spacial score (nSPS) is 12.8. The van der Waals surface area contributed by atoms with Crippen LogP contribution >= 0.6 is 11.8 Å². The van der Waals surface area contributed by atoms with Gasteiger partial charge in [0, 0.05) is 16.6 Å². The van der Waals surface area contributed by atoms with Gasteiger partial charge in [0.1, 0.15) is 5.03 Å². The molecule has 0 fully saturated rings. The van der Waals surface area contributed by atoms with Gasteiger partial charge in [-0.25, -0.2) is 4.98 Å². The van der Waals surface area contributed by atoms with E-state index in [0.29, 0.717) is 17.0 Å². The minimum absolute atomic E-state index is 0.0110. The van der Waals surface area contributed by atoms with Crippen molar-refractivity contribution in [1.82, 2.24) is 4.98 Å². The Kier molecular flexibility index (Phi) is 5.18. The third-order valence-electron chi connectivity index (χ3n) is 5.09. The molecule has 0 saturated carbocycles. The SMILES string of the molecule is CC(=O)c1ccc(NC(=O)CSc2nc3cc4c(cc3cc2C)CCC4)cc1. The first-order valence-corrected chi connectivity index (χ1v) is 10.4. The molecule has 0 aliphatic heterocycles. The van der Waals surface area contributed by atoms with E-state index in [4.69, 9.17) is 4.98 Å². The number of aromatic nitrogens is 1. The summed E-state index contributed by atoms with van der Waals surface area (Å²) in [7, 11) is 0. The second-order valence-electron chi connectivity index (χ2n) is 7.25. The lowest BCUT2D eigenvalue weighted by molar-refractivity contribution is -0.113. The highest BCUT2D eigenvalue weighted by Gasteiger charge is 2.14. The molecule has 1 aromatic heterocycles. The average Bonchev–Trinajstić information content (AvgIpc) is 3.12. The number of benzene rings is 2. The van der Waals surface area contributed by atoms with E-state index in [1.165, 1.54) is 41.6 Å². The van der Waals surface area contributed by atoms with Gasteiger partial charge in [0.2, 0.25) is 5.91 Å². The lowest BCUT2D eigenvalue weighted by Gasteiger charge is -2.10. The summed E-state index contributed by atoms with van der Waals surface area (Å²) in [6.07, 6.45) is 3.52. The van der Waals surface area contributed by atoms with E-state index in [0.717, 1.165) is 28.9 Å². The Labute approximate surface area is 168 Å². The second kappa shape index (κ2) is 7.76. The number of fused-ring (bicyclic) bond motifs is 2. The van der Waals surface area contributed by atoms with Gasteiger partial charge in [-0.15, -0.1) is 0 Å². The third-order valence-corrected chi connectivity index (χ3v) is 6.18. The van der Waals surface area contributed by atoms with E-state index >= 15 is 0 Å². The van der Waals surface area contributed by atoms with Gasteiger partial charge in [-0.3, -0.25) is 9.59 Å². The van der Waals surface area contributed by atoms with Crippen molar-refractivity contribution in [2.45, 2.75) is 38.1 Å². The lowest BCUT2D eigenvalue weighted by Crippen LogP contribution is -2.14. The third kappa shape index (κ3) is 3.94. The molecule has 0 atom stereocenters. The summed E-state index contributed by atoms with van der Waals surface area (Å²) >= 11 is 1.45. The zero-order valence-electron chi connectivity index (χ0n) is 16.0. The van der Waals surface area contributed by atoms with Gasteiger partial charge in [-0.05, 0) is 92.3 Å². The fourth-order valence-corrected chi connectivity index (χ4v) is 4.39. The molecular weight excluding hydrogens is 368 g/mol. The first-order chi connectivity index (χ1) is 13.5. The number of hydrogen-bond acceptors (Lipinski definition) is 4. The van der Waals surface area contributed by atoms with Gasteiger partial charge < -0.3 is 5.32 Å². The summed E-state index contributed by atoms with van der Waals surface area (Å²) in [6, 6.07) is 13.6.